The Hall–Kier alpha value is -0.910. The van der Waals surface area contributed by atoms with E-state index >= 15 is 0 Å². The smallest absolute Gasteiger partial charge is 0.0630 e. The van der Waals surface area contributed by atoms with Crippen molar-refractivity contribution in [2.75, 3.05) is 5.73 Å². The molecule has 1 heterocycles. The van der Waals surface area contributed by atoms with Crippen LogP contribution in [-0.2, 0) is 16.6 Å². The van der Waals surface area contributed by atoms with E-state index in [1.807, 2.05) is 6.07 Å². The van der Waals surface area contributed by atoms with Crippen molar-refractivity contribution in [3.8, 4) is 0 Å². The van der Waals surface area contributed by atoms with E-state index < -0.39 is 10.8 Å². The zero-order valence-electron chi connectivity index (χ0n) is 9.27. The van der Waals surface area contributed by atoms with Crippen LogP contribution >= 0.6 is 27.5 Å². The zero-order valence-corrected chi connectivity index (χ0v) is 12.4. The molecule has 0 aliphatic heterocycles. The molecule has 1 unspecified atom stereocenters. The number of rotatable bonds is 3. The number of nitrogens with zero attached hydrogens (tertiary/aromatic N) is 1. The van der Waals surface area contributed by atoms with Crippen molar-refractivity contribution in [3.63, 3.8) is 0 Å². The molecule has 1 aromatic heterocycles. The summed E-state index contributed by atoms with van der Waals surface area (Å²) in [5.74, 6) is 0.327. The SMILES string of the molecule is Nc1cc(Br)ccc1S(=O)Cc1ccncc1Cl. The third kappa shape index (κ3) is 3.10. The van der Waals surface area contributed by atoms with Crippen LogP contribution in [0.5, 0.6) is 0 Å². The minimum absolute atomic E-state index is 0.327. The molecule has 0 spiro atoms. The Morgan fingerprint density at radius 3 is 2.83 bits per heavy atom. The molecule has 3 nitrogen and oxygen atoms in total. The minimum Gasteiger partial charge on any atom is -0.398 e. The number of hydrogen-bond acceptors (Lipinski definition) is 3. The molecule has 2 rings (SSSR count). The van der Waals surface area contributed by atoms with Crippen LogP contribution in [0, 0.1) is 0 Å². The molecular weight excluding hydrogens is 336 g/mol. The van der Waals surface area contributed by atoms with E-state index in [1.54, 1.807) is 30.6 Å². The minimum atomic E-state index is -1.22. The first-order valence-corrected chi connectivity index (χ1v) is 7.58. The number of halogens is 2. The number of aromatic nitrogens is 1. The van der Waals surface area contributed by atoms with E-state index in [0.717, 1.165) is 10.0 Å². The summed E-state index contributed by atoms with van der Waals surface area (Å²) in [6.45, 7) is 0. The van der Waals surface area contributed by atoms with Crippen LogP contribution in [-0.4, -0.2) is 9.19 Å². The summed E-state index contributed by atoms with van der Waals surface area (Å²) >= 11 is 9.30. The molecule has 0 radical (unpaired) electrons. The van der Waals surface area contributed by atoms with Crippen LogP contribution < -0.4 is 5.73 Å². The first-order chi connectivity index (χ1) is 8.58. The quantitative estimate of drug-likeness (QED) is 0.868. The van der Waals surface area contributed by atoms with Gasteiger partial charge in [-0.05, 0) is 29.8 Å². The second-order valence-electron chi connectivity index (χ2n) is 3.64. The van der Waals surface area contributed by atoms with Gasteiger partial charge in [-0.15, -0.1) is 0 Å². The second kappa shape index (κ2) is 5.82. The number of anilines is 1. The number of pyridine rings is 1. The van der Waals surface area contributed by atoms with Gasteiger partial charge in [0.1, 0.15) is 0 Å². The van der Waals surface area contributed by atoms with Gasteiger partial charge in [-0.25, -0.2) is 0 Å². The molecular formula is C12H10BrClN2OS. The fourth-order valence-electron chi connectivity index (χ4n) is 1.47. The first-order valence-electron chi connectivity index (χ1n) is 5.09. The van der Waals surface area contributed by atoms with Crippen LogP contribution in [0.15, 0.2) is 46.0 Å². The number of benzene rings is 1. The highest BCUT2D eigenvalue weighted by Crippen LogP contribution is 2.24. The fraction of sp³-hybridized carbons (Fsp3) is 0.0833. The van der Waals surface area contributed by atoms with Crippen LogP contribution in [0.25, 0.3) is 0 Å². The fourth-order valence-corrected chi connectivity index (χ4v) is 3.34. The van der Waals surface area contributed by atoms with Crippen molar-refractivity contribution in [3.05, 3.63) is 51.7 Å². The first kappa shape index (κ1) is 13.5. The Morgan fingerprint density at radius 1 is 1.39 bits per heavy atom. The van der Waals surface area contributed by atoms with Crippen molar-refractivity contribution >= 4 is 44.0 Å². The Labute approximate surface area is 121 Å². The highest BCUT2D eigenvalue weighted by Gasteiger charge is 2.11. The molecule has 0 aliphatic rings. The van der Waals surface area contributed by atoms with Gasteiger partial charge in [-0.2, -0.15) is 0 Å². The molecule has 0 bridgehead atoms. The van der Waals surface area contributed by atoms with Gasteiger partial charge in [-0.1, -0.05) is 27.5 Å². The van der Waals surface area contributed by atoms with Crippen LogP contribution in [0.2, 0.25) is 5.02 Å². The lowest BCUT2D eigenvalue weighted by Crippen LogP contribution is -2.01. The third-order valence-corrected chi connectivity index (χ3v) is 4.63. The molecule has 18 heavy (non-hydrogen) atoms. The molecule has 2 aromatic rings. The lowest BCUT2D eigenvalue weighted by Gasteiger charge is -2.07. The number of nitrogen functional groups attached to an aromatic ring is 1. The largest absolute Gasteiger partial charge is 0.398 e. The van der Waals surface area contributed by atoms with E-state index in [2.05, 4.69) is 20.9 Å². The predicted molar refractivity (Wildman–Crippen MR) is 77.9 cm³/mol. The van der Waals surface area contributed by atoms with E-state index in [1.165, 1.54) is 0 Å². The molecule has 1 atom stereocenters. The standard InChI is InChI=1S/C12H10BrClN2OS/c13-9-1-2-12(11(15)5-9)18(17)7-8-3-4-16-6-10(8)14/h1-6H,7,15H2. The van der Waals surface area contributed by atoms with Crippen molar-refractivity contribution < 1.29 is 4.21 Å². The van der Waals surface area contributed by atoms with Crippen molar-refractivity contribution in [1.29, 1.82) is 0 Å². The van der Waals surface area contributed by atoms with Crippen molar-refractivity contribution in [2.45, 2.75) is 10.6 Å². The highest BCUT2D eigenvalue weighted by molar-refractivity contribution is 9.10. The van der Waals surface area contributed by atoms with Crippen molar-refractivity contribution in [1.82, 2.24) is 4.98 Å². The summed E-state index contributed by atoms with van der Waals surface area (Å²) in [6, 6.07) is 7.07. The highest BCUT2D eigenvalue weighted by atomic mass is 79.9. The monoisotopic (exact) mass is 344 g/mol. The zero-order chi connectivity index (χ0) is 13.1. The summed E-state index contributed by atoms with van der Waals surface area (Å²) in [5.41, 5.74) is 7.15. The molecule has 94 valence electrons. The Morgan fingerprint density at radius 2 is 2.17 bits per heavy atom. The summed E-state index contributed by atoms with van der Waals surface area (Å²) < 4.78 is 13.1. The molecule has 0 saturated heterocycles. The lowest BCUT2D eigenvalue weighted by molar-refractivity contribution is 0.683. The van der Waals surface area contributed by atoms with E-state index in [4.69, 9.17) is 17.3 Å². The molecule has 6 heteroatoms. The average Bonchev–Trinajstić information content (AvgIpc) is 2.32. The molecule has 1 aromatic carbocycles. The van der Waals surface area contributed by atoms with E-state index in [0.29, 0.717) is 21.4 Å². The van der Waals surface area contributed by atoms with Gasteiger partial charge in [0.2, 0.25) is 0 Å². The van der Waals surface area contributed by atoms with Gasteiger partial charge >= 0.3 is 0 Å². The second-order valence-corrected chi connectivity index (χ2v) is 6.38. The molecule has 2 N–H and O–H groups in total. The van der Waals surface area contributed by atoms with Gasteiger partial charge in [0.25, 0.3) is 0 Å². The van der Waals surface area contributed by atoms with Crippen LogP contribution in [0.3, 0.4) is 0 Å². The summed E-state index contributed by atoms with van der Waals surface area (Å²) in [5, 5.41) is 0.515. The topological polar surface area (TPSA) is 56.0 Å². The van der Waals surface area contributed by atoms with Crippen LogP contribution in [0.1, 0.15) is 5.56 Å². The maximum atomic E-state index is 12.2. The average molecular weight is 346 g/mol. The van der Waals surface area contributed by atoms with Gasteiger partial charge < -0.3 is 5.73 Å². The lowest BCUT2D eigenvalue weighted by atomic mass is 10.3. The maximum absolute atomic E-state index is 12.2. The molecule has 0 saturated carbocycles. The Balaban J connectivity index is 2.25. The summed E-state index contributed by atoms with van der Waals surface area (Å²) in [6.07, 6.45) is 3.17. The number of nitrogens with two attached hydrogens (primary N) is 1. The molecule has 0 fully saturated rings. The number of hydrogen-bond donors (Lipinski definition) is 1. The Kier molecular flexibility index (Phi) is 4.37. The predicted octanol–water partition coefficient (Wildman–Crippen LogP) is 3.39. The molecule has 0 aliphatic carbocycles. The van der Waals surface area contributed by atoms with E-state index in [-0.39, 0.29) is 0 Å². The maximum Gasteiger partial charge on any atom is 0.0630 e. The van der Waals surface area contributed by atoms with Crippen LogP contribution in [0.4, 0.5) is 5.69 Å². The third-order valence-electron chi connectivity index (χ3n) is 2.36. The van der Waals surface area contributed by atoms with Crippen molar-refractivity contribution in [2.24, 2.45) is 0 Å². The summed E-state index contributed by atoms with van der Waals surface area (Å²) in [4.78, 5) is 4.51. The Bertz CT molecular complexity index is 606. The van der Waals surface area contributed by atoms with Gasteiger partial charge in [0.05, 0.1) is 26.5 Å². The molecule has 0 amide bonds. The van der Waals surface area contributed by atoms with Gasteiger partial charge in [-0.3, -0.25) is 9.19 Å². The normalized spacial score (nSPS) is 12.3. The summed E-state index contributed by atoms with van der Waals surface area (Å²) in [7, 11) is -1.22. The van der Waals surface area contributed by atoms with E-state index in [9.17, 15) is 4.21 Å². The van der Waals surface area contributed by atoms with Gasteiger partial charge in [0.15, 0.2) is 0 Å². The van der Waals surface area contributed by atoms with Gasteiger partial charge in [0, 0.05) is 22.6 Å².